The second-order valence-corrected chi connectivity index (χ2v) is 18.1. The van der Waals surface area contributed by atoms with E-state index in [2.05, 4.69) is 46.6 Å². The molecule has 3 atom stereocenters. The molecule has 2 aliphatic carbocycles. The lowest BCUT2D eigenvalue weighted by molar-refractivity contribution is -0.142. The number of nitrogens with one attached hydrogen (secondary N) is 2. The number of amides is 1. The van der Waals surface area contributed by atoms with Crippen LogP contribution in [0.3, 0.4) is 0 Å². The molecule has 0 unspecified atom stereocenters. The zero-order valence-corrected chi connectivity index (χ0v) is 36.8. The molecule has 6 aromatic rings. The number of anilines is 4. The van der Waals surface area contributed by atoms with Gasteiger partial charge >= 0.3 is 5.97 Å². The van der Waals surface area contributed by atoms with E-state index < -0.39 is 5.97 Å². The number of carbonyl (C=O) groups is 2. The van der Waals surface area contributed by atoms with Crippen LogP contribution in [-0.4, -0.2) is 95.3 Å². The summed E-state index contributed by atoms with van der Waals surface area (Å²) in [6.45, 7) is 3.90. The van der Waals surface area contributed by atoms with E-state index >= 15 is 0 Å². The number of benzene rings is 2. The van der Waals surface area contributed by atoms with Gasteiger partial charge < -0.3 is 34.9 Å². The molecular formula is C45H47N9O6S2. The van der Waals surface area contributed by atoms with Crippen LogP contribution in [0.1, 0.15) is 62.9 Å². The van der Waals surface area contributed by atoms with Gasteiger partial charge in [0.1, 0.15) is 45.5 Å². The zero-order valence-electron chi connectivity index (χ0n) is 35.2. The monoisotopic (exact) mass is 873 g/mol. The first-order valence-corrected chi connectivity index (χ1v) is 22.2. The molecule has 0 saturated carbocycles. The van der Waals surface area contributed by atoms with Crippen molar-refractivity contribution in [2.45, 2.75) is 64.6 Å². The predicted octanol–water partition coefficient (Wildman–Crippen LogP) is 7.54. The van der Waals surface area contributed by atoms with Crippen molar-refractivity contribution in [3.05, 3.63) is 80.1 Å². The Bertz CT molecular complexity index is 2780. The molecule has 0 fully saturated rings. The highest BCUT2D eigenvalue weighted by Crippen LogP contribution is 2.44. The van der Waals surface area contributed by atoms with E-state index in [-0.39, 0.29) is 23.8 Å². The SMILES string of the molecule is COC[C@H](C)N(C)C(=O)[C@H]1CCc2c(sc3ncnc(Nc4cc5c(cc4OC)CN=C5)c23)C1.COc1cc2c(cc1Nc1ncnc3sc4c(c13)CC[C@H](C(=O)O)C4)C=NC2. The van der Waals surface area contributed by atoms with E-state index in [4.69, 9.17) is 14.2 Å². The average Bonchev–Trinajstić information content (AvgIpc) is 4.10. The van der Waals surface area contributed by atoms with Gasteiger partial charge in [-0.3, -0.25) is 19.6 Å². The molecule has 62 heavy (non-hydrogen) atoms. The number of carboxylic acids is 1. The molecule has 0 spiro atoms. The molecule has 1 amide bonds. The van der Waals surface area contributed by atoms with Crippen LogP contribution < -0.4 is 20.1 Å². The largest absolute Gasteiger partial charge is 0.495 e. The third kappa shape index (κ3) is 7.84. The van der Waals surface area contributed by atoms with Gasteiger partial charge in [0, 0.05) is 42.3 Å². The Morgan fingerprint density at radius 3 is 1.76 bits per heavy atom. The molecule has 4 aromatic heterocycles. The number of ether oxygens (including phenoxy) is 3. The minimum atomic E-state index is -0.725. The maximum atomic E-state index is 13.1. The number of carboxylic acid groups (broad SMARTS) is 1. The fourth-order valence-electron chi connectivity index (χ4n) is 8.75. The molecule has 2 aliphatic heterocycles. The summed E-state index contributed by atoms with van der Waals surface area (Å²) in [5.74, 6) is 2.12. The number of nitrogens with zero attached hydrogens (tertiary/aromatic N) is 7. The van der Waals surface area contributed by atoms with Gasteiger partial charge in [-0.05, 0) is 103 Å². The third-order valence-electron chi connectivity index (χ3n) is 12.2. The molecule has 4 aliphatic rings. The normalized spacial score (nSPS) is 17.4. The lowest BCUT2D eigenvalue weighted by atomic mass is 9.86. The van der Waals surface area contributed by atoms with E-state index in [1.807, 2.05) is 49.5 Å². The zero-order chi connectivity index (χ0) is 43.1. The number of fused-ring (bicyclic) bond motifs is 8. The number of aliphatic carboxylic acids is 1. The minimum Gasteiger partial charge on any atom is -0.495 e. The highest BCUT2D eigenvalue weighted by atomic mass is 32.1. The Morgan fingerprint density at radius 2 is 1.27 bits per heavy atom. The van der Waals surface area contributed by atoms with Crippen LogP contribution in [0.4, 0.5) is 23.0 Å². The van der Waals surface area contributed by atoms with Crippen LogP contribution >= 0.6 is 22.7 Å². The summed E-state index contributed by atoms with van der Waals surface area (Å²) >= 11 is 3.24. The first-order valence-electron chi connectivity index (χ1n) is 20.6. The Hall–Kier alpha value is -6.04. The fourth-order valence-corrected chi connectivity index (χ4v) is 11.3. The Labute approximate surface area is 366 Å². The first-order chi connectivity index (χ1) is 30.1. The summed E-state index contributed by atoms with van der Waals surface area (Å²) in [6, 6.07) is 8.17. The number of rotatable bonds is 11. The molecule has 6 heterocycles. The van der Waals surface area contributed by atoms with Crippen molar-refractivity contribution in [1.29, 1.82) is 0 Å². The summed E-state index contributed by atoms with van der Waals surface area (Å²) in [4.78, 5) is 57.2. The number of methoxy groups -OCH3 is 3. The van der Waals surface area contributed by atoms with E-state index in [0.29, 0.717) is 32.5 Å². The lowest BCUT2D eigenvalue weighted by Crippen LogP contribution is -2.42. The van der Waals surface area contributed by atoms with Gasteiger partial charge in [-0.25, -0.2) is 19.9 Å². The second kappa shape index (κ2) is 17.4. The number of hydrogen-bond donors (Lipinski definition) is 3. The second-order valence-electron chi connectivity index (χ2n) is 16.0. The van der Waals surface area contributed by atoms with Gasteiger partial charge in [0.2, 0.25) is 5.91 Å². The van der Waals surface area contributed by atoms with Crippen molar-refractivity contribution in [1.82, 2.24) is 24.8 Å². The van der Waals surface area contributed by atoms with Crippen LogP contribution in [0.5, 0.6) is 11.5 Å². The summed E-state index contributed by atoms with van der Waals surface area (Å²) < 4.78 is 16.4. The van der Waals surface area contributed by atoms with Gasteiger partial charge in [0.05, 0.1) is 68.0 Å². The van der Waals surface area contributed by atoms with Crippen LogP contribution in [0.15, 0.2) is 46.9 Å². The van der Waals surface area contributed by atoms with Gasteiger partial charge in [-0.15, -0.1) is 22.7 Å². The summed E-state index contributed by atoms with van der Waals surface area (Å²) in [7, 11) is 6.86. The average molecular weight is 874 g/mol. The van der Waals surface area contributed by atoms with Crippen molar-refractivity contribution >= 4 is 90.4 Å². The molecule has 2 aromatic carbocycles. The number of hydrogen-bond acceptors (Lipinski definition) is 15. The standard InChI is InChI=1S/C25H29N5O3S.C20H18N4O3S/c1-14(12-32-3)30(2)25(31)15-5-6-18-21(9-15)34-24-22(18)23(27-13-28-24)29-19-7-16-10-26-11-17(16)8-20(19)33-4;1-27-15-5-12-8-21-7-11(12)4-14(15)24-18-17-13-3-2-10(20(25)26)6-16(13)28-19(17)23-9-22-18/h7-8,10,13-15H,5-6,9,11-12H2,1-4H3,(H,27,28,29);4-5,7,9-10H,2-3,6,8H2,1H3,(H,25,26)(H,22,23,24)/t14-,15-;10-/m00/s1. The number of thiophene rings is 2. The quantitative estimate of drug-likeness (QED) is 0.116. The van der Waals surface area contributed by atoms with Crippen molar-refractivity contribution < 1.29 is 28.9 Å². The maximum Gasteiger partial charge on any atom is 0.306 e. The smallest absolute Gasteiger partial charge is 0.306 e. The summed E-state index contributed by atoms with van der Waals surface area (Å²) in [6.07, 6.45) is 11.2. The van der Waals surface area contributed by atoms with Crippen LogP contribution in [0, 0.1) is 11.8 Å². The number of aliphatic imine (C=N–C) groups is 2. The number of aryl methyl sites for hydroxylation is 2. The van der Waals surface area contributed by atoms with Crippen LogP contribution in [-0.2, 0) is 53.1 Å². The molecule has 10 rings (SSSR count). The topological polar surface area (TPSA) is 186 Å². The Kier molecular flexibility index (Phi) is 11.6. The Morgan fingerprint density at radius 1 is 0.774 bits per heavy atom. The van der Waals surface area contributed by atoms with Gasteiger partial charge in [-0.2, -0.15) is 0 Å². The molecule has 0 saturated heterocycles. The van der Waals surface area contributed by atoms with E-state index in [0.717, 1.165) is 108 Å². The predicted molar refractivity (Wildman–Crippen MR) is 243 cm³/mol. The van der Waals surface area contributed by atoms with Gasteiger partial charge in [0.15, 0.2) is 0 Å². The molecule has 17 heteroatoms. The molecule has 0 radical (unpaired) electrons. The lowest BCUT2D eigenvalue weighted by Gasteiger charge is -2.30. The van der Waals surface area contributed by atoms with E-state index in [1.54, 1.807) is 56.7 Å². The van der Waals surface area contributed by atoms with Gasteiger partial charge in [0.25, 0.3) is 0 Å². The molecule has 15 nitrogen and oxygen atoms in total. The maximum absolute atomic E-state index is 13.1. The number of aromatic nitrogens is 4. The summed E-state index contributed by atoms with van der Waals surface area (Å²) in [5, 5.41) is 18.3. The van der Waals surface area contributed by atoms with E-state index in [1.165, 1.54) is 16.0 Å². The molecule has 320 valence electrons. The number of carbonyl (C=O) groups excluding carboxylic acids is 1. The third-order valence-corrected chi connectivity index (χ3v) is 14.5. The highest BCUT2D eigenvalue weighted by molar-refractivity contribution is 7.19. The molecule has 3 N–H and O–H groups in total. The molecular weight excluding hydrogens is 827 g/mol. The first kappa shape index (κ1) is 41.3. The minimum absolute atomic E-state index is 0.0228. The van der Waals surface area contributed by atoms with Crippen molar-refractivity contribution in [3.63, 3.8) is 0 Å². The highest BCUT2D eigenvalue weighted by Gasteiger charge is 2.33. The fraction of sp³-hybridized carbons (Fsp3) is 0.378. The van der Waals surface area contributed by atoms with E-state index in [9.17, 15) is 14.7 Å². The van der Waals surface area contributed by atoms with Gasteiger partial charge in [-0.1, -0.05) is 0 Å². The van der Waals surface area contributed by atoms with Crippen LogP contribution in [0.25, 0.3) is 20.4 Å². The van der Waals surface area contributed by atoms with Crippen molar-refractivity contribution in [2.75, 3.05) is 45.6 Å². The number of likely N-dealkylation sites (N-methyl/N-ethyl adjacent to an activating group) is 1. The molecule has 0 bridgehead atoms. The van der Waals surface area contributed by atoms with Crippen molar-refractivity contribution in [3.8, 4) is 11.5 Å². The van der Waals surface area contributed by atoms with Crippen molar-refractivity contribution in [2.24, 2.45) is 21.8 Å². The van der Waals surface area contributed by atoms with Crippen LogP contribution in [0.2, 0.25) is 0 Å². The Balaban J connectivity index is 0.000000161. The summed E-state index contributed by atoms with van der Waals surface area (Å²) in [5.41, 5.74) is 8.57.